The van der Waals surface area contributed by atoms with E-state index in [9.17, 15) is 29.7 Å². The van der Waals surface area contributed by atoms with Crippen molar-refractivity contribution in [2.45, 2.75) is 181 Å². The number of carbonyl (C=O) groups is 3. The molecule has 2 saturated heterocycles. The number of amides is 1. The van der Waals surface area contributed by atoms with Gasteiger partial charge in [-0.3, -0.25) is 14.3 Å². The summed E-state index contributed by atoms with van der Waals surface area (Å²) in [6, 6.07) is 9.48. The molecule has 1 spiro atoms. The molecule has 0 radical (unpaired) electrons. The molecular formula is C71H100N4O14. The Bertz CT molecular complexity index is 2960. The molecule has 3 heterocycles. The molecule has 488 valence electrons. The summed E-state index contributed by atoms with van der Waals surface area (Å²) in [6.45, 7) is 13.5. The lowest BCUT2D eigenvalue weighted by molar-refractivity contribution is -0.272. The van der Waals surface area contributed by atoms with Crippen molar-refractivity contribution >= 4 is 29.8 Å². The van der Waals surface area contributed by atoms with E-state index in [1.54, 1.807) is 47.3 Å². The van der Waals surface area contributed by atoms with E-state index in [2.05, 4.69) is 49.4 Å². The summed E-state index contributed by atoms with van der Waals surface area (Å²) < 4.78 is 48.6. The minimum absolute atomic E-state index is 0.0166. The Kier molecular flexibility index (Phi) is 24.1. The number of phenolic OH excluding ortho intramolecular Hbond substituents is 2. The number of phenols is 2. The van der Waals surface area contributed by atoms with Gasteiger partial charge in [0.05, 0.1) is 65.7 Å². The number of hydrogen-bond donors (Lipinski definition) is 4. The zero-order valence-corrected chi connectivity index (χ0v) is 53.7. The summed E-state index contributed by atoms with van der Waals surface area (Å²) in [5.41, 5.74) is 3.86. The van der Waals surface area contributed by atoms with Crippen molar-refractivity contribution in [3.05, 3.63) is 94.5 Å². The summed E-state index contributed by atoms with van der Waals surface area (Å²) in [6.07, 6.45) is 30.3. The van der Waals surface area contributed by atoms with Crippen LogP contribution in [0.25, 0.3) is 12.2 Å². The van der Waals surface area contributed by atoms with Crippen molar-refractivity contribution in [1.29, 1.82) is 0 Å². The number of hydrogen-bond acceptors (Lipinski definition) is 16. The number of ketones is 1. The average Bonchev–Trinajstić information content (AvgIpc) is 1.57. The number of ether oxygens (including phenoxy) is 8. The second-order valence-corrected chi connectivity index (χ2v) is 26.6. The number of benzene rings is 2. The lowest BCUT2D eigenvalue weighted by Crippen LogP contribution is -2.52. The second-order valence-electron chi connectivity index (χ2n) is 26.6. The number of allylic oxidation sites excluding steroid dienone is 4. The molecule has 3 aromatic rings. The van der Waals surface area contributed by atoms with Crippen LogP contribution >= 0.6 is 0 Å². The number of unbranched alkanes of at least 4 members (excludes halogenated alkanes) is 8. The third-order valence-corrected chi connectivity index (χ3v) is 20.8. The molecule has 11 atom stereocenters. The summed E-state index contributed by atoms with van der Waals surface area (Å²) >= 11 is 0. The molecule has 1 amide bonds. The highest BCUT2D eigenvalue weighted by Gasteiger charge is 2.68. The second kappa shape index (κ2) is 31.8. The number of aryl methyl sites for hydroxylation is 1. The summed E-state index contributed by atoms with van der Waals surface area (Å²) in [7, 11) is 2.89. The van der Waals surface area contributed by atoms with E-state index in [0.717, 1.165) is 96.5 Å². The van der Waals surface area contributed by atoms with E-state index in [-0.39, 0.29) is 76.5 Å². The third kappa shape index (κ3) is 17.1. The molecule has 4 N–H and O–H groups in total. The average molecular weight is 1230 g/mol. The predicted octanol–water partition coefficient (Wildman–Crippen LogP) is 12.4. The van der Waals surface area contributed by atoms with E-state index < -0.39 is 5.78 Å². The van der Waals surface area contributed by atoms with Crippen LogP contribution in [0.3, 0.4) is 0 Å². The van der Waals surface area contributed by atoms with Crippen LogP contribution in [0.15, 0.2) is 77.7 Å². The minimum atomic E-state index is -0.436. The molecule has 4 aliphatic carbocycles. The van der Waals surface area contributed by atoms with Crippen molar-refractivity contribution in [3.8, 4) is 23.0 Å². The molecule has 18 heteroatoms. The SMILES string of the molecule is COc1cc(/C=C/C(=O)/C(Cc2cn(CCCCCCCCCCCC(=O)NCCOCCOCCOCC(=O)O[C@H]3CC[C@@]4(C)C(=CC[C@H]5[C@@H]6C[C@@H]7O[C@]8(CC[C@@H](C)CO8)[C@@H](C)[C@@H]7[C@@]6(C)CC[C@@H]54)C3)nn2)=C(O)/C=C/c2ccc(O)c(OC)c2)ccc1O. The maximum Gasteiger partial charge on any atom is 0.332 e. The van der Waals surface area contributed by atoms with Crippen molar-refractivity contribution in [1.82, 2.24) is 20.3 Å². The van der Waals surface area contributed by atoms with Crippen molar-refractivity contribution in [2.75, 3.05) is 67.0 Å². The van der Waals surface area contributed by atoms with Gasteiger partial charge in [0.25, 0.3) is 0 Å². The Morgan fingerprint density at radius 2 is 1.45 bits per heavy atom. The van der Waals surface area contributed by atoms with Crippen LogP contribution < -0.4 is 14.8 Å². The Morgan fingerprint density at radius 3 is 2.13 bits per heavy atom. The van der Waals surface area contributed by atoms with E-state index in [1.807, 2.05) is 0 Å². The molecule has 6 aliphatic rings. The van der Waals surface area contributed by atoms with Crippen molar-refractivity contribution < 1.29 is 67.6 Å². The van der Waals surface area contributed by atoms with Gasteiger partial charge in [0, 0.05) is 56.5 Å². The molecule has 18 nitrogen and oxygen atoms in total. The van der Waals surface area contributed by atoms with Gasteiger partial charge >= 0.3 is 5.97 Å². The lowest BCUT2D eigenvalue weighted by Gasteiger charge is -2.58. The molecule has 5 fully saturated rings. The van der Waals surface area contributed by atoms with Gasteiger partial charge in [0.2, 0.25) is 5.91 Å². The van der Waals surface area contributed by atoms with Crippen molar-refractivity contribution in [3.63, 3.8) is 0 Å². The number of nitrogens with zero attached hydrogens (tertiary/aromatic N) is 3. The highest BCUT2D eigenvalue weighted by atomic mass is 16.7. The van der Waals surface area contributed by atoms with Gasteiger partial charge in [-0.05, 0) is 146 Å². The first kappa shape index (κ1) is 67.3. The lowest BCUT2D eigenvalue weighted by atomic mass is 9.47. The highest BCUT2D eigenvalue weighted by molar-refractivity contribution is 6.07. The maximum atomic E-state index is 13.6. The van der Waals surface area contributed by atoms with Crippen LogP contribution in [-0.4, -0.2) is 133 Å². The molecule has 0 bridgehead atoms. The van der Waals surface area contributed by atoms with Crippen LogP contribution in [0.2, 0.25) is 0 Å². The van der Waals surface area contributed by atoms with Crippen LogP contribution in [0.1, 0.15) is 167 Å². The van der Waals surface area contributed by atoms with Gasteiger partial charge in [-0.2, -0.15) is 0 Å². The summed E-state index contributed by atoms with van der Waals surface area (Å²) in [4.78, 5) is 38.9. The maximum absolute atomic E-state index is 13.6. The zero-order valence-electron chi connectivity index (χ0n) is 53.7. The number of aliphatic hydroxyl groups excluding tert-OH is 1. The van der Waals surface area contributed by atoms with Gasteiger partial charge in [0.1, 0.15) is 18.5 Å². The zero-order chi connectivity index (χ0) is 63.0. The van der Waals surface area contributed by atoms with E-state index in [1.165, 1.54) is 69.8 Å². The fourth-order valence-corrected chi connectivity index (χ4v) is 15.9. The smallest absolute Gasteiger partial charge is 0.332 e. The van der Waals surface area contributed by atoms with E-state index >= 15 is 0 Å². The van der Waals surface area contributed by atoms with E-state index in [4.69, 9.17) is 37.9 Å². The monoisotopic (exact) mass is 1230 g/mol. The van der Waals surface area contributed by atoms with Crippen LogP contribution in [0, 0.1) is 46.3 Å². The van der Waals surface area contributed by atoms with Crippen LogP contribution in [0.4, 0.5) is 0 Å². The molecule has 9 rings (SSSR count). The number of aliphatic hydroxyl groups is 1. The standard InChI is InChI=1S/C71H100N4O14/c1-48-27-32-71(87-46-48)49(2)68-65(89-71)44-58-55-22-21-52-42-54(28-30-69(52,3)57(55)29-31-70(58,68)4)88-67(81)47-86-39-38-85-37-36-84-35-33-72-66(80)16-14-12-10-8-7-9-11-13-15-34-75-45-53(73-74-75)43-56(59(76)23-17-50-19-25-61(78)63(40-50)82-5)60(77)24-18-51-20-26-62(79)64(41-51)83-6/h17-21,23-26,40-41,45,48-49,54-55,57-58,65,68,76,78-79H,7-16,22,27-39,42-44,46-47H2,1-6H3,(H,72,80)/b23-17+,24-18+,59-56-/t48-,49+,54+,55-,57+,58+,65+,68+,69+,70+,71-/m1/s1. The Labute approximate surface area is 527 Å². The first-order chi connectivity index (χ1) is 43.0. The largest absolute Gasteiger partial charge is 0.508 e. The van der Waals surface area contributed by atoms with Gasteiger partial charge in [0.15, 0.2) is 34.6 Å². The first-order valence-corrected chi connectivity index (χ1v) is 33.2. The van der Waals surface area contributed by atoms with Gasteiger partial charge in [-0.25, -0.2) is 4.79 Å². The fourth-order valence-electron chi connectivity index (χ4n) is 15.9. The van der Waals surface area contributed by atoms with Crippen LogP contribution in [-0.2, 0) is 55.8 Å². The Morgan fingerprint density at radius 1 is 0.787 bits per heavy atom. The molecule has 1 aromatic heterocycles. The van der Waals surface area contributed by atoms with Gasteiger partial charge in [-0.1, -0.05) is 114 Å². The summed E-state index contributed by atoms with van der Waals surface area (Å²) in [5.74, 6) is 2.82. The Hall–Kier alpha value is -6.05. The number of rotatable bonds is 33. The third-order valence-electron chi connectivity index (χ3n) is 20.8. The number of methoxy groups -OCH3 is 2. The number of aromatic nitrogens is 3. The number of fused-ring (bicyclic) bond motifs is 7. The van der Waals surface area contributed by atoms with Gasteiger partial charge < -0.3 is 58.5 Å². The molecule has 89 heavy (non-hydrogen) atoms. The molecule has 2 aromatic carbocycles. The van der Waals surface area contributed by atoms with Gasteiger partial charge in [-0.15, -0.1) is 5.10 Å². The quantitative estimate of drug-likeness (QED) is 0.0111. The fraction of sp³-hybridized carbons (Fsp3) is 0.648. The molecule has 0 unspecified atom stereocenters. The number of esters is 1. The van der Waals surface area contributed by atoms with E-state index in [0.29, 0.717) is 116 Å². The molecule has 3 saturated carbocycles. The number of nitrogens with one attached hydrogen (secondary N) is 1. The first-order valence-electron chi connectivity index (χ1n) is 33.2. The normalized spacial score (nSPS) is 28.2. The highest BCUT2D eigenvalue weighted by Crippen LogP contribution is 2.70. The van der Waals surface area contributed by atoms with Crippen molar-refractivity contribution in [2.24, 2.45) is 46.3 Å². The van der Waals surface area contributed by atoms with Crippen LogP contribution in [0.5, 0.6) is 23.0 Å². The Balaban J connectivity index is 0.558. The number of aromatic hydroxyl groups is 2. The summed E-state index contributed by atoms with van der Waals surface area (Å²) in [5, 5.41) is 42.7. The topological polar surface area (TPSA) is 228 Å². The minimum Gasteiger partial charge on any atom is -0.508 e. The molecular weight excluding hydrogens is 1130 g/mol. The predicted molar refractivity (Wildman–Crippen MR) is 339 cm³/mol. The number of carbonyl (C=O) groups excluding carboxylic acids is 3. The molecule has 2 aliphatic heterocycles.